The Labute approximate surface area is 179 Å². The lowest BCUT2D eigenvalue weighted by Crippen LogP contribution is -2.12. The van der Waals surface area contributed by atoms with E-state index in [1.165, 1.54) is 0 Å². The third kappa shape index (κ3) is 5.61. The number of benzene rings is 2. The van der Waals surface area contributed by atoms with Crippen molar-refractivity contribution in [3.8, 4) is 33.9 Å². The molecule has 150 valence electrons. The van der Waals surface area contributed by atoms with Crippen molar-refractivity contribution in [2.75, 3.05) is 28.3 Å². The Morgan fingerprint density at radius 1 is 0.714 bits per heavy atom. The smallest absolute Gasteiger partial charge is 0.118 e. The van der Waals surface area contributed by atoms with E-state index in [0.717, 1.165) is 46.1 Å². The molecule has 1 aromatic heterocycles. The van der Waals surface area contributed by atoms with Crippen LogP contribution < -0.4 is 9.47 Å². The Morgan fingerprint density at radius 3 is 1.68 bits per heavy atom. The minimum absolute atomic E-state index is 0. The fourth-order valence-electron chi connectivity index (χ4n) is 2.88. The summed E-state index contributed by atoms with van der Waals surface area (Å²) in [5.41, 5.74) is 5.29. The Hall–Kier alpha value is -2.27. The van der Waals surface area contributed by atoms with Crippen LogP contribution in [-0.2, 0) is 6.54 Å². The first-order valence-corrected chi connectivity index (χ1v) is 8.54. The van der Waals surface area contributed by atoms with Crippen LogP contribution >= 0.6 is 24.8 Å². The Morgan fingerprint density at radius 2 is 1.21 bits per heavy atom. The van der Waals surface area contributed by atoms with Gasteiger partial charge in [-0.1, -0.05) is 18.2 Å². The maximum Gasteiger partial charge on any atom is 0.118 e. The van der Waals surface area contributed by atoms with E-state index in [4.69, 9.17) is 14.5 Å². The number of nitrogens with zero attached hydrogens (tertiary/aromatic N) is 2. The van der Waals surface area contributed by atoms with Gasteiger partial charge in [0, 0.05) is 17.7 Å². The van der Waals surface area contributed by atoms with Gasteiger partial charge in [-0.3, -0.25) is 4.98 Å². The normalized spacial score (nSPS) is 10.0. The lowest BCUT2D eigenvalue weighted by atomic mass is 9.98. The van der Waals surface area contributed by atoms with Gasteiger partial charge in [0.05, 0.1) is 25.6 Å². The molecular weight excluding hydrogens is 395 g/mol. The zero-order chi connectivity index (χ0) is 18.5. The van der Waals surface area contributed by atoms with Crippen LogP contribution in [0.1, 0.15) is 5.69 Å². The molecule has 0 unspecified atom stereocenters. The Bertz CT molecular complexity index is 867. The summed E-state index contributed by atoms with van der Waals surface area (Å²) >= 11 is 0. The average Bonchev–Trinajstić information content (AvgIpc) is 2.68. The molecule has 0 saturated heterocycles. The van der Waals surface area contributed by atoms with E-state index in [-0.39, 0.29) is 24.8 Å². The van der Waals surface area contributed by atoms with Gasteiger partial charge in [-0.2, -0.15) is 0 Å². The molecule has 1 heterocycles. The van der Waals surface area contributed by atoms with E-state index in [2.05, 4.69) is 29.2 Å². The molecule has 0 aliphatic heterocycles. The van der Waals surface area contributed by atoms with E-state index in [9.17, 15) is 0 Å². The average molecular weight is 421 g/mol. The number of pyridine rings is 1. The van der Waals surface area contributed by atoms with Gasteiger partial charge in [0.1, 0.15) is 11.5 Å². The summed E-state index contributed by atoms with van der Waals surface area (Å²) in [5.74, 6) is 1.68. The van der Waals surface area contributed by atoms with E-state index < -0.39 is 0 Å². The summed E-state index contributed by atoms with van der Waals surface area (Å²) in [6.07, 6.45) is 0. The molecule has 0 bridgehead atoms. The lowest BCUT2D eigenvalue weighted by molar-refractivity contribution is 0.397. The molecule has 0 amide bonds. The number of halogens is 2. The van der Waals surface area contributed by atoms with Crippen molar-refractivity contribution in [1.29, 1.82) is 0 Å². The van der Waals surface area contributed by atoms with Gasteiger partial charge < -0.3 is 14.4 Å². The molecule has 0 N–H and O–H groups in total. The molecule has 0 radical (unpaired) electrons. The molecule has 4 nitrogen and oxygen atoms in total. The standard InChI is InChI=1S/C22H24N2O2.2ClH/c1-24(2)15-18-9-14-21(16-5-10-19(25-3)11-6-16)22(23-18)17-7-12-20(26-4)13-8-17;;/h5-14H,15H2,1-4H3;2*1H. The summed E-state index contributed by atoms with van der Waals surface area (Å²) in [5, 5.41) is 0. The topological polar surface area (TPSA) is 34.6 Å². The largest absolute Gasteiger partial charge is 0.497 e. The van der Waals surface area contributed by atoms with E-state index in [1.807, 2.05) is 50.5 Å². The van der Waals surface area contributed by atoms with Crippen molar-refractivity contribution in [1.82, 2.24) is 9.88 Å². The molecule has 3 aromatic rings. The molecule has 3 rings (SSSR count). The second-order valence-electron chi connectivity index (χ2n) is 6.39. The number of ether oxygens (including phenoxy) is 2. The third-order valence-electron chi connectivity index (χ3n) is 4.20. The molecule has 28 heavy (non-hydrogen) atoms. The SMILES string of the molecule is COc1ccc(-c2ccc(CN(C)C)nc2-c2ccc(OC)cc2)cc1.Cl.Cl. The lowest BCUT2D eigenvalue weighted by Gasteiger charge is -2.14. The van der Waals surface area contributed by atoms with Gasteiger partial charge in [0.15, 0.2) is 0 Å². The number of hydrogen-bond donors (Lipinski definition) is 0. The highest BCUT2D eigenvalue weighted by molar-refractivity contribution is 5.85. The number of hydrogen-bond acceptors (Lipinski definition) is 4. The van der Waals surface area contributed by atoms with Crippen LogP contribution in [0.25, 0.3) is 22.4 Å². The van der Waals surface area contributed by atoms with Crippen LogP contribution in [0, 0.1) is 0 Å². The molecule has 0 aliphatic carbocycles. The highest BCUT2D eigenvalue weighted by Crippen LogP contribution is 2.32. The molecule has 0 atom stereocenters. The van der Waals surface area contributed by atoms with Crippen LogP contribution in [0.2, 0.25) is 0 Å². The minimum Gasteiger partial charge on any atom is -0.497 e. The van der Waals surface area contributed by atoms with Crippen molar-refractivity contribution < 1.29 is 9.47 Å². The maximum atomic E-state index is 5.28. The number of methoxy groups -OCH3 is 2. The minimum atomic E-state index is 0. The summed E-state index contributed by atoms with van der Waals surface area (Å²) in [7, 11) is 7.45. The van der Waals surface area contributed by atoms with Crippen molar-refractivity contribution in [2.24, 2.45) is 0 Å². The zero-order valence-electron chi connectivity index (χ0n) is 16.5. The van der Waals surface area contributed by atoms with Gasteiger partial charge in [0.2, 0.25) is 0 Å². The fraction of sp³-hybridized carbons (Fsp3) is 0.227. The summed E-state index contributed by atoms with van der Waals surface area (Å²) in [6.45, 7) is 0.798. The predicted octanol–water partition coefficient (Wildman–Crippen LogP) is 5.34. The van der Waals surface area contributed by atoms with Gasteiger partial charge in [-0.15, -0.1) is 24.8 Å². The van der Waals surface area contributed by atoms with Gasteiger partial charge in [0.25, 0.3) is 0 Å². The van der Waals surface area contributed by atoms with Crippen molar-refractivity contribution >= 4 is 24.8 Å². The highest BCUT2D eigenvalue weighted by atomic mass is 35.5. The van der Waals surface area contributed by atoms with Crippen LogP contribution in [0.4, 0.5) is 0 Å². The van der Waals surface area contributed by atoms with Crippen molar-refractivity contribution in [3.63, 3.8) is 0 Å². The van der Waals surface area contributed by atoms with Gasteiger partial charge >= 0.3 is 0 Å². The number of rotatable bonds is 6. The van der Waals surface area contributed by atoms with Gasteiger partial charge in [-0.25, -0.2) is 0 Å². The number of aromatic nitrogens is 1. The molecule has 0 spiro atoms. The van der Waals surface area contributed by atoms with Crippen molar-refractivity contribution in [3.05, 3.63) is 66.4 Å². The Kier molecular flexibility index (Phi) is 9.26. The maximum absolute atomic E-state index is 5.28. The first-order chi connectivity index (χ1) is 12.6. The summed E-state index contributed by atoms with van der Waals surface area (Å²) < 4.78 is 10.6. The molecule has 0 fully saturated rings. The van der Waals surface area contributed by atoms with Crippen LogP contribution in [0.15, 0.2) is 60.7 Å². The first kappa shape index (κ1) is 23.8. The van der Waals surface area contributed by atoms with E-state index >= 15 is 0 Å². The molecule has 2 aromatic carbocycles. The molecule has 6 heteroatoms. The molecule has 0 saturated carbocycles. The van der Waals surface area contributed by atoms with E-state index in [1.54, 1.807) is 14.2 Å². The van der Waals surface area contributed by atoms with E-state index in [0.29, 0.717) is 0 Å². The predicted molar refractivity (Wildman–Crippen MR) is 120 cm³/mol. The van der Waals surface area contributed by atoms with Gasteiger partial charge in [-0.05, 0) is 62.1 Å². The van der Waals surface area contributed by atoms with Crippen LogP contribution in [0.3, 0.4) is 0 Å². The monoisotopic (exact) mass is 420 g/mol. The summed E-state index contributed by atoms with van der Waals surface area (Å²) in [6, 6.07) is 20.3. The first-order valence-electron chi connectivity index (χ1n) is 8.54. The third-order valence-corrected chi connectivity index (χ3v) is 4.20. The fourth-order valence-corrected chi connectivity index (χ4v) is 2.88. The molecular formula is C22H26Cl2N2O2. The second-order valence-corrected chi connectivity index (χ2v) is 6.39. The molecule has 0 aliphatic rings. The zero-order valence-corrected chi connectivity index (χ0v) is 18.1. The van der Waals surface area contributed by atoms with Crippen molar-refractivity contribution in [2.45, 2.75) is 6.54 Å². The quantitative estimate of drug-likeness (QED) is 0.538. The summed E-state index contributed by atoms with van der Waals surface area (Å²) in [4.78, 5) is 7.06. The second kappa shape index (κ2) is 10.9. The Balaban J connectivity index is 0.00000196. The van der Waals surface area contributed by atoms with Crippen LogP contribution in [0.5, 0.6) is 11.5 Å². The van der Waals surface area contributed by atoms with Crippen LogP contribution in [-0.4, -0.2) is 38.2 Å². The highest BCUT2D eigenvalue weighted by Gasteiger charge is 2.11.